The summed E-state index contributed by atoms with van der Waals surface area (Å²) in [4.78, 5) is 2.19. The number of aliphatic hydroxyl groups excluding tert-OH is 1. The van der Waals surface area contributed by atoms with Gasteiger partial charge in [-0.2, -0.15) is 0 Å². The summed E-state index contributed by atoms with van der Waals surface area (Å²) in [5, 5.41) is 23.8. The molecule has 0 saturated heterocycles. The lowest BCUT2D eigenvalue weighted by Crippen LogP contribution is -2.33. The van der Waals surface area contributed by atoms with Gasteiger partial charge in [0.05, 0.1) is 23.4 Å². The third-order valence-electron chi connectivity index (χ3n) is 4.66. The van der Waals surface area contributed by atoms with Gasteiger partial charge in [-0.1, -0.05) is 65.7 Å². The Kier molecular flexibility index (Phi) is 7.78. The molecule has 0 aliphatic rings. The Morgan fingerprint density at radius 3 is 2.31 bits per heavy atom. The van der Waals surface area contributed by atoms with Gasteiger partial charge in [0.25, 0.3) is 0 Å². The number of anilines is 1. The molecule has 152 valence electrons. The summed E-state index contributed by atoms with van der Waals surface area (Å²) in [7, 11) is 0. The minimum atomic E-state index is -0.0930. The largest absolute Gasteiger partial charge is 0.508 e. The van der Waals surface area contributed by atoms with E-state index in [4.69, 9.17) is 23.2 Å². The lowest BCUT2D eigenvalue weighted by molar-refractivity contribution is 0.185. The summed E-state index contributed by atoms with van der Waals surface area (Å²) in [6.07, 6.45) is 0. The molecular formula is C23H24Cl2N2O2. The molecule has 0 heterocycles. The average Bonchev–Trinajstić information content (AvgIpc) is 2.71. The van der Waals surface area contributed by atoms with Crippen molar-refractivity contribution in [2.45, 2.75) is 12.6 Å². The number of benzene rings is 3. The highest BCUT2D eigenvalue weighted by atomic mass is 35.5. The standard InChI is InChI=1S/C23H24Cl2N2O2/c24-19-8-6-18(7-9-19)23(26-22-11-10-20(29)14-21(22)25)16-27(12-13-28)15-17-4-2-1-3-5-17/h1-11,14,23,26,28-29H,12-13,15-16H2/t23-/m0/s1. The number of nitrogens with zero attached hydrogens (tertiary/aromatic N) is 1. The molecule has 3 N–H and O–H groups in total. The molecule has 1 atom stereocenters. The third-order valence-corrected chi connectivity index (χ3v) is 5.23. The summed E-state index contributed by atoms with van der Waals surface area (Å²) in [6, 6.07) is 22.6. The zero-order chi connectivity index (χ0) is 20.6. The minimum Gasteiger partial charge on any atom is -0.508 e. The molecule has 0 amide bonds. The summed E-state index contributed by atoms with van der Waals surface area (Å²) in [5.41, 5.74) is 2.96. The van der Waals surface area contributed by atoms with Crippen LogP contribution in [0.15, 0.2) is 72.8 Å². The maximum absolute atomic E-state index is 9.64. The molecule has 29 heavy (non-hydrogen) atoms. The van der Waals surface area contributed by atoms with Gasteiger partial charge in [0.15, 0.2) is 0 Å². The molecule has 0 spiro atoms. The van der Waals surface area contributed by atoms with E-state index in [0.29, 0.717) is 23.1 Å². The SMILES string of the molecule is OCCN(Cc1ccccc1)C[C@H](Nc1ccc(O)cc1Cl)c1ccc(Cl)cc1. The van der Waals surface area contributed by atoms with E-state index in [0.717, 1.165) is 17.8 Å². The quantitative estimate of drug-likeness (QED) is 0.400. The maximum atomic E-state index is 9.64. The van der Waals surface area contributed by atoms with Crippen molar-refractivity contribution in [1.29, 1.82) is 0 Å². The van der Waals surface area contributed by atoms with Crippen molar-refractivity contribution in [3.8, 4) is 5.75 Å². The normalized spacial score (nSPS) is 12.1. The number of rotatable bonds is 9. The van der Waals surface area contributed by atoms with Gasteiger partial charge in [-0.3, -0.25) is 4.90 Å². The molecule has 0 fully saturated rings. The fourth-order valence-electron chi connectivity index (χ4n) is 3.21. The van der Waals surface area contributed by atoms with E-state index in [1.807, 2.05) is 42.5 Å². The van der Waals surface area contributed by atoms with Gasteiger partial charge in [0.2, 0.25) is 0 Å². The molecule has 0 saturated carbocycles. The first kappa shape index (κ1) is 21.5. The Bertz CT molecular complexity index is 905. The highest BCUT2D eigenvalue weighted by Crippen LogP contribution is 2.30. The number of aliphatic hydroxyl groups is 1. The summed E-state index contributed by atoms with van der Waals surface area (Å²) in [6.45, 7) is 1.98. The smallest absolute Gasteiger partial charge is 0.117 e. The second-order valence-corrected chi connectivity index (χ2v) is 7.70. The molecule has 6 heteroatoms. The number of phenolic OH excluding ortho intramolecular Hbond substituents is 1. The van der Waals surface area contributed by atoms with E-state index in [-0.39, 0.29) is 18.4 Å². The summed E-state index contributed by atoms with van der Waals surface area (Å²) < 4.78 is 0. The van der Waals surface area contributed by atoms with Crippen molar-refractivity contribution in [1.82, 2.24) is 4.90 Å². The molecule has 0 bridgehead atoms. The molecule has 4 nitrogen and oxygen atoms in total. The molecule has 0 radical (unpaired) electrons. The van der Waals surface area contributed by atoms with Crippen LogP contribution in [-0.2, 0) is 6.54 Å². The van der Waals surface area contributed by atoms with Gasteiger partial charge in [0.1, 0.15) is 5.75 Å². The fourth-order valence-corrected chi connectivity index (χ4v) is 3.57. The number of aromatic hydroxyl groups is 1. The predicted octanol–water partition coefficient (Wildman–Crippen LogP) is 5.35. The van der Waals surface area contributed by atoms with E-state index in [1.165, 1.54) is 11.6 Å². The second-order valence-electron chi connectivity index (χ2n) is 6.86. The Labute approximate surface area is 181 Å². The number of hydrogen-bond donors (Lipinski definition) is 3. The first-order chi connectivity index (χ1) is 14.0. The van der Waals surface area contributed by atoms with E-state index < -0.39 is 0 Å². The Hall–Kier alpha value is -2.24. The zero-order valence-electron chi connectivity index (χ0n) is 15.9. The average molecular weight is 431 g/mol. The zero-order valence-corrected chi connectivity index (χ0v) is 17.4. The van der Waals surface area contributed by atoms with E-state index >= 15 is 0 Å². The maximum Gasteiger partial charge on any atom is 0.117 e. The van der Waals surface area contributed by atoms with Crippen molar-refractivity contribution in [3.05, 3.63) is 94.0 Å². The van der Waals surface area contributed by atoms with Crippen molar-refractivity contribution in [2.24, 2.45) is 0 Å². The number of hydrogen-bond acceptors (Lipinski definition) is 4. The predicted molar refractivity (Wildman–Crippen MR) is 120 cm³/mol. The van der Waals surface area contributed by atoms with Crippen LogP contribution in [0.5, 0.6) is 5.75 Å². The van der Waals surface area contributed by atoms with Crippen LogP contribution in [0.4, 0.5) is 5.69 Å². The van der Waals surface area contributed by atoms with E-state index in [2.05, 4.69) is 22.3 Å². The molecule has 3 aromatic carbocycles. The fraction of sp³-hybridized carbons (Fsp3) is 0.217. The number of halogens is 2. The minimum absolute atomic E-state index is 0.0696. The Morgan fingerprint density at radius 1 is 0.931 bits per heavy atom. The molecule has 0 unspecified atom stereocenters. The van der Waals surface area contributed by atoms with Gasteiger partial charge in [-0.15, -0.1) is 0 Å². The van der Waals surface area contributed by atoms with Gasteiger partial charge in [-0.05, 0) is 35.4 Å². The Morgan fingerprint density at radius 2 is 1.66 bits per heavy atom. The third kappa shape index (κ3) is 6.38. The van der Waals surface area contributed by atoms with Gasteiger partial charge < -0.3 is 15.5 Å². The first-order valence-corrected chi connectivity index (χ1v) is 10.2. The molecule has 0 aliphatic heterocycles. The van der Waals surface area contributed by atoms with Crippen LogP contribution >= 0.6 is 23.2 Å². The van der Waals surface area contributed by atoms with Gasteiger partial charge in [-0.25, -0.2) is 0 Å². The van der Waals surface area contributed by atoms with Crippen LogP contribution < -0.4 is 5.32 Å². The van der Waals surface area contributed by atoms with Crippen molar-refractivity contribution < 1.29 is 10.2 Å². The first-order valence-electron chi connectivity index (χ1n) is 9.43. The van der Waals surface area contributed by atoms with Crippen LogP contribution in [0.25, 0.3) is 0 Å². The lowest BCUT2D eigenvalue weighted by atomic mass is 10.0. The van der Waals surface area contributed by atoms with Crippen LogP contribution in [0.1, 0.15) is 17.2 Å². The summed E-state index contributed by atoms with van der Waals surface area (Å²) >= 11 is 12.4. The number of phenols is 1. The molecule has 0 aliphatic carbocycles. The van der Waals surface area contributed by atoms with Crippen LogP contribution in [0.3, 0.4) is 0 Å². The molecule has 3 aromatic rings. The Balaban J connectivity index is 1.85. The monoisotopic (exact) mass is 430 g/mol. The molecule has 0 aromatic heterocycles. The van der Waals surface area contributed by atoms with Gasteiger partial charge in [0, 0.05) is 30.7 Å². The topological polar surface area (TPSA) is 55.7 Å². The lowest BCUT2D eigenvalue weighted by Gasteiger charge is -2.29. The summed E-state index contributed by atoms with van der Waals surface area (Å²) in [5.74, 6) is 0.120. The van der Waals surface area contributed by atoms with Crippen molar-refractivity contribution in [3.63, 3.8) is 0 Å². The highest BCUT2D eigenvalue weighted by Gasteiger charge is 2.18. The van der Waals surface area contributed by atoms with E-state index in [1.54, 1.807) is 12.1 Å². The van der Waals surface area contributed by atoms with Crippen LogP contribution in [0, 0.1) is 0 Å². The highest BCUT2D eigenvalue weighted by molar-refractivity contribution is 6.33. The van der Waals surface area contributed by atoms with Crippen molar-refractivity contribution in [2.75, 3.05) is 25.0 Å². The second kappa shape index (κ2) is 10.5. The molecular weight excluding hydrogens is 407 g/mol. The van der Waals surface area contributed by atoms with E-state index in [9.17, 15) is 10.2 Å². The number of nitrogens with one attached hydrogen (secondary N) is 1. The van der Waals surface area contributed by atoms with Crippen molar-refractivity contribution >= 4 is 28.9 Å². The van der Waals surface area contributed by atoms with Crippen LogP contribution in [0.2, 0.25) is 10.0 Å². The van der Waals surface area contributed by atoms with Crippen LogP contribution in [-0.4, -0.2) is 34.8 Å². The molecule has 3 rings (SSSR count). The van der Waals surface area contributed by atoms with Gasteiger partial charge >= 0.3 is 0 Å².